The lowest BCUT2D eigenvalue weighted by Gasteiger charge is -1.99. The van der Waals surface area contributed by atoms with E-state index >= 15 is 0 Å². The maximum absolute atomic E-state index is 12.9. The summed E-state index contributed by atoms with van der Waals surface area (Å²) in [6.07, 6.45) is 0. The number of rotatable bonds is 2. The molecule has 0 radical (unpaired) electrons. The summed E-state index contributed by atoms with van der Waals surface area (Å²) in [5.41, 5.74) is 0.251. The molecule has 0 amide bonds. The predicted octanol–water partition coefficient (Wildman–Crippen LogP) is 2.54. The summed E-state index contributed by atoms with van der Waals surface area (Å²) >= 11 is 1.14. The van der Waals surface area contributed by atoms with Crippen molar-refractivity contribution in [1.29, 1.82) is 5.26 Å². The molecule has 0 aliphatic carbocycles. The minimum Gasteiger partial charge on any atom is -0.416 e. The summed E-state index contributed by atoms with van der Waals surface area (Å²) in [5.74, 6) is 0.00530. The number of nitrogens with zero attached hydrogens (tertiary/aromatic N) is 3. The van der Waals surface area contributed by atoms with Crippen molar-refractivity contribution in [2.75, 3.05) is 0 Å². The van der Waals surface area contributed by atoms with Crippen LogP contribution in [0.4, 0.5) is 4.39 Å². The third kappa shape index (κ3) is 2.20. The van der Waals surface area contributed by atoms with E-state index in [1.54, 1.807) is 6.92 Å². The second-order valence-electron chi connectivity index (χ2n) is 2.94. The molecule has 0 aliphatic rings. The Morgan fingerprint density at radius 3 is 2.88 bits per heavy atom. The topological polar surface area (TPSA) is 62.7 Å². The van der Waals surface area contributed by atoms with E-state index < -0.39 is 5.82 Å². The number of aromatic nitrogens is 2. The molecule has 1 aromatic carbocycles. The van der Waals surface area contributed by atoms with Crippen LogP contribution in [0.2, 0.25) is 0 Å². The molecule has 0 aliphatic heterocycles. The zero-order chi connectivity index (χ0) is 11.5. The average molecular weight is 235 g/mol. The van der Waals surface area contributed by atoms with Gasteiger partial charge in [0, 0.05) is 11.8 Å². The van der Waals surface area contributed by atoms with Crippen molar-refractivity contribution in [3.05, 3.63) is 35.5 Å². The van der Waals surface area contributed by atoms with Crippen molar-refractivity contribution < 1.29 is 8.81 Å². The first kappa shape index (κ1) is 10.6. The smallest absolute Gasteiger partial charge is 0.281 e. The van der Waals surface area contributed by atoms with Crippen molar-refractivity contribution in [3.8, 4) is 6.07 Å². The number of benzene rings is 1. The van der Waals surface area contributed by atoms with E-state index in [4.69, 9.17) is 9.68 Å². The van der Waals surface area contributed by atoms with Gasteiger partial charge in [0.1, 0.15) is 11.9 Å². The fourth-order valence-electron chi connectivity index (χ4n) is 1.09. The first-order chi connectivity index (χ1) is 7.69. The summed E-state index contributed by atoms with van der Waals surface area (Å²) in [5, 5.41) is 16.6. The van der Waals surface area contributed by atoms with Gasteiger partial charge < -0.3 is 4.42 Å². The Hall–Kier alpha value is -1.87. The van der Waals surface area contributed by atoms with Gasteiger partial charge in [0.05, 0.1) is 5.56 Å². The van der Waals surface area contributed by atoms with Gasteiger partial charge in [-0.15, -0.1) is 10.2 Å². The lowest BCUT2D eigenvalue weighted by atomic mass is 10.2. The number of halogens is 1. The Labute approximate surface area is 95.1 Å². The van der Waals surface area contributed by atoms with Crippen LogP contribution in [0.1, 0.15) is 11.5 Å². The average Bonchev–Trinajstić information content (AvgIpc) is 2.67. The van der Waals surface area contributed by atoms with Crippen LogP contribution in [0, 0.1) is 24.1 Å². The molecule has 6 heteroatoms. The van der Waals surface area contributed by atoms with Crippen molar-refractivity contribution in [2.45, 2.75) is 17.0 Å². The number of aryl methyl sites for hydroxylation is 1. The SMILES string of the molecule is Cc1nnc(Sc2ccc(F)cc2C#N)o1. The molecule has 0 atom stereocenters. The Morgan fingerprint density at radius 1 is 1.44 bits per heavy atom. The number of hydrogen-bond acceptors (Lipinski definition) is 5. The quantitative estimate of drug-likeness (QED) is 0.800. The van der Waals surface area contributed by atoms with E-state index in [9.17, 15) is 4.39 Å². The van der Waals surface area contributed by atoms with Crippen LogP contribution in [0.3, 0.4) is 0 Å². The summed E-state index contributed by atoms with van der Waals surface area (Å²) in [6.45, 7) is 1.67. The van der Waals surface area contributed by atoms with Gasteiger partial charge in [0.15, 0.2) is 0 Å². The molecular formula is C10H6FN3OS. The molecule has 0 N–H and O–H groups in total. The Morgan fingerprint density at radius 2 is 2.25 bits per heavy atom. The van der Waals surface area contributed by atoms with Gasteiger partial charge in [-0.2, -0.15) is 5.26 Å². The predicted molar refractivity (Wildman–Crippen MR) is 54.3 cm³/mol. The van der Waals surface area contributed by atoms with Crippen LogP contribution in [0.15, 0.2) is 32.7 Å². The van der Waals surface area contributed by atoms with Crippen LogP contribution in [0.25, 0.3) is 0 Å². The van der Waals surface area contributed by atoms with E-state index in [-0.39, 0.29) is 5.56 Å². The maximum Gasteiger partial charge on any atom is 0.281 e. The van der Waals surface area contributed by atoms with Crippen LogP contribution < -0.4 is 0 Å². The Bertz CT molecular complexity index is 561. The van der Waals surface area contributed by atoms with Crippen molar-refractivity contribution in [1.82, 2.24) is 10.2 Å². The lowest BCUT2D eigenvalue weighted by molar-refractivity contribution is 0.429. The van der Waals surface area contributed by atoms with Crippen molar-refractivity contribution in [2.24, 2.45) is 0 Å². The van der Waals surface area contributed by atoms with E-state index in [0.29, 0.717) is 16.0 Å². The molecule has 4 nitrogen and oxygen atoms in total. The van der Waals surface area contributed by atoms with Gasteiger partial charge in [-0.05, 0) is 30.0 Å². The van der Waals surface area contributed by atoms with E-state index in [2.05, 4.69) is 10.2 Å². The largest absolute Gasteiger partial charge is 0.416 e. The lowest BCUT2D eigenvalue weighted by Crippen LogP contribution is -1.83. The third-order valence-corrected chi connectivity index (χ3v) is 2.68. The van der Waals surface area contributed by atoms with Crippen molar-refractivity contribution >= 4 is 11.8 Å². The molecule has 1 heterocycles. The van der Waals surface area contributed by atoms with Gasteiger partial charge in [-0.1, -0.05) is 0 Å². The first-order valence-corrected chi connectivity index (χ1v) is 5.18. The summed E-state index contributed by atoms with van der Waals surface area (Å²) in [4.78, 5) is 0.590. The highest BCUT2D eigenvalue weighted by Crippen LogP contribution is 2.29. The fourth-order valence-corrected chi connectivity index (χ4v) is 1.87. The maximum atomic E-state index is 12.9. The third-order valence-electron chi connectivity index (χ3n) is 1.77. The molecule has 16 heavy (non-hydrogen) atoms. The van der Waals surface area contributed by atoms with Gasteiger partial charge >= 0.3 is 0 Å². The summed E-state index contributed by atoms with van der Waals surface area (Å²) in [7, 11) is 0. The Kier molecular flexibility index (Phi) is 2.88. The molecule has 0 bridgehead atoms. The highest BCUT2D eigenvalue weighted by Gasteiger charge is 2.09. The summed E-state index contributed by atoms with van der Waals surface area (Å²) in [6, 6.07) is 5.88. The molecular weight excluding hydrogens is 229 g/mol. The molecule has 0 spiro atoms. The van der Waals surface area contributed by atoms with Crippen LogP contribution in [-0.4, -0.2) is 10.2 Å². The minimum atomic E-state index is -0.442. The standard InChI is InChI=1S/C10H6FN3OS/c1-6-13-14-10(15-6)16-9-3-2-8(11)4-7(9)5-12/h2-4H,1H3. The van der Waals surface area contributed by atoms with Gasteiger partial charge in [-0.25, -0.2) is 4.39 Å². The summed E-state index contributed by atoms with van der Waals surface area (Å²) < 4.78 is 18.0. The molecule has 0 saturated heterocycles. The van der Waals surface area contributed by atoms with Gasteiger partial charge in [-0.3, -0.25) is 0 Å². The fraction of sp³-hybridized carbons (Fsp3) is 0.100. The second-order valence-corrected chi connectivity index (χ2v) is 3.93. The Balaban J connectivity index is 2.31. The van der Waals surface area contributed by atoms with E-state index in [1.807, 2.05) is 6.07 Å². The normalized spacial score (nSPS) is 10.1. The highest BCUT2D eigenvalue weighted by molar-refractivity contribution is 7.99. The van der Waals surface area contributed by atoms with Gasteiger partial charge in [0.2, 0.25) is 5.89 Å². The van der Waals surface area contributed by atoms with Crippen LogP contribution in [0.5, 0.6) is 0 Å². The van der Waals surface area contributed by atoms with E-state index in [0.717, 1.165) is 11.8 Å². The van der Waals surface area contributed by atoms with Crippen LogP contribution >= 0.6 is 11.8 Å². The van der Waals surface area contributed by atoms with Crippen molar-refractivity contribution in [3.63, 3.8) is 0 Å². The zero-order valence-electron chi connectivity index (χ0n) is 8.27. The van der Waals surface area contributed by atoms with E-state index in [1.165, 1.54) is 18.2 Å². The number of nitriles is 1. The van der Waals surface area contributed by atoms with Crippen LogP contribution in [-0.2, 0) is 0 Å². The molecule has 2 rings (SSSR count). The molecule has 80 valence electrons. The zero-order valence-corrected chi connectivity index (χ0v) is 9.08. The minimum absolute atomic E-state index is 0.251. The molecule has 0 unspecified atom stereocenters. The number of hydrogen-bond donors (Lipinski definition) is 0. The molecule has 0 fully saturated rings. The molecule has 2 aromatic rings. The monoisotopic (exact) mass is 235 g/mol. The highest BCUT2D eigenvalue weighted by atomic mass is 32.2. The molecule has 0 saturated carbocycles. The molecule has 1 aromatic heterocycles. The first-order valence-electron chi connectivity index (χ1n) is 4.36. The second kappa shape index (κ2) is 4.33. The van der Waals surface area contributed by atoms with Gasteiger partial charge in [0.25, 0.3) is 5.22 Å².